The van der Waals surface area contributed by atoms with Crippen molar-refractivity contribution in [1.29, 1.82) is 0 Å². The maximum Gasteiger partial charge on any atom is 0.0252 e. The van der Waals surface area contributed by atoms with Crippen molar-refractivity contribution in [3.8, 4) is 0 Å². The number of allylic oxidation sites excluding steroid dienone is 1. The Hall–Kier alpha value is -0.300. The first-order chi connectivity index (χ1) is 4.29. The molecule has 1 N–H and O–H groups in total. The first kappa shape index (κ1) is 6.81. The lowest BCUT2D eigenvalue weighted by atomic mass is 10.2. The summed E-state index contributed by atoms with van der Waals surface area (Å²) in [6.45, 7) is 5.51. The Balaban J connectivity index is 2.35. The Morgan fingerprint density at radius 2 is 2.33 bits per heavy atom. The van der Waals surface area contributed by atoms with E-state index >= 15 is 0 Å². The molecule has 52 valence electrons. The zero-order chi connectivity index (χ0) is 6.69. The monoisotopic (exact) mass is 125 g/mol. The van der Waals surface area contributed by atoms with Gasteiger partial charge >= 0.3 is 0 Å². The first-order valence-electron chi connectivity index (χ1n) is 3.67. The SMILES string of the molecule is CC(C)=C[C@@H]1CCCN1. The normalized spacial score (nSPS) is 26.2. The van der Waals surface area contributed by atoms with Crippen LogP contribution in [0.1, 0.15) is 26.7 Å². The lowest BCUT2D eigenvalue weighted by molar-refractivity contribution is 0.722. The van der Waals surface area contributed by atoms with Gasteiger partial charge < -0.3 is 5.32 Å². The van der Waals surface area contributed by atoms with Gasteiger partial charge in [-0.2, -0.15) is 0 Å². The van der Waals surface area contributed by atoms with Gasteiger partial charge in [0.1, 0.15) is 0 Å². The summed E-state index contributed by atoms with van der Waals surface area (Å²) in [7, 11) is 0. The molecule has 1 heterocycles. The van der Waals surface area contributed by atoms with Crippen LogP contribution in [0.25, 0.3) is 0 Å². The largest absolute Gasteiger partial charge is 0.311 e. The van der Waals surface area contributed by atoms with E-state index in [1.807, 2.05) is 0 Å². The van der Waals surface area contributed by atoms with Crippen molar-refractivity contribution in [2.24, 2.45) is 0 Å². The van der Waals surface area contributed by atoms with Crippen LogP contribution in [0.3, 0.4) is 0 Å². The average molecular weight is 125 g/mol. The molecule has 9 heavy (non-hydrogen) atoms. The number of nitrogens with one attached hydrogen (secondary N) is 1. The second-order valence-corrected chi connectivity index (χ2v) is 2.95. The molecular weight excluding hydrogens is 110 g/mol. The van der Waals surface area contributed by atoms with Crippen LogP contribution < -0.4 is 5.32 Å². The highest BCUT2D eigenvalue weighted by molar-refractivity contribution is 5.02. The molecule has 1 aliphatic rings. The maximum absolute atomic E-state index is 3.41. The van der Waals surface area contributed by atoms with Gasteiger partial charge in [0.25, 0.3) is 0 Å². The third-order valence-corrected chi connectivity index (χ3v) is 1.63. The lowest BCUT2D eigenvalue weighted by Crippen LogP contribution is -2.18. The van der Waals surface area contributed by atoms with Crippen molar-refractivity contribution < 1.29 is 0 Å². The fraction of sp³-hybridized carbons (Fsp3) is 0.750. The summed E-state index contributed by atoms with van der Waals surface area (Å²) in [6.07, 6.45) is 4.98. The molecule has 1 aliphatic heterocycles. The van der Waals surface area contributed by atoms with Crippen LogP contribution in [0.15, 0.2) is 11.6 Å². The summed E-state index contributed by atoms with van der Waals surface area (Å²) < 4.78 is 0. The van der Waals surface area contributed by atoms with Gasteiger partial charge in [0, 0.05) is 6.04 Å². The summed E-state index contributed by atoms with van der Waals surface area (Å²) in [6, 6.07) is 0.676. The number of rotatable bonds is 1. The average Bonchev–Trinajstić information content (AvgIpc) is 2.15. The van der Waals surface area contributed by atoms with Crippen LogP contribution in [0.5, 0.6) is 0 Å². The van der Waals surface area contributed by atoms with Gasteiger partial charge in [-0.05, 0) is 33.2 Å². The second-order valence-electron chi connectivity index (χ2n) is 2.95. The minimum absolute atomic E-state index is 0.676. The molecule has 1 atom stereocenters. The molecule has 1 heteroatoms. The minimum Gasteiger partial charge on any atom is -0.311 e. The Morgan fingerprint density at radius 3 is 2.78 bits per heavy atom. The summed E-state index contributed by atoms with van der Waals surface area (Å²) in [5, 5.41) is 3.41. The third-order valence-electron chi connectivity index (χ3n) is 1.63. The standard InChI is InChI=1S/C8H15N/c1-7(2)6-8-4-3-5-9-8/h6,8-9H,3-5H2,1-2H3/t8-/m0/s1. The number of hydrogen-bond donors (Lipinski definition) is 1. The highest BCUT2D eigenvalue weighted by atomic mass is 14.9. The fourth-order valence-corrected chi connectivity index (χ4v) is 1.26. The van der Waals surface area contributed by atoms with Crippen molar-refractivity contribution in [3.05, 3.63) is 11.6 Å². The van der Waals surface area contributed by atoms with E-state index in [4.69, 9.17) is 0 Å². The Kier molecular flexibility index (Phi) is 2.29. The zero-order valence-electron chi connectivity index (χ0n) is 6.28. The molecule has 1 fully saturated rings. The maximum atomic E-state index is 3.41. The number of hydrogen-bond acceptors (Lipinski definition) is 1. The third kappa shape index (κ3) is 2.19. The van der Waals surface area contributed by atoms with Crippen LogP contribution in [0, 0.1) is 0 Å². The Labute approximate surface area is 57.1 Å². The van der Waals surface area contributed by atoms with Crippen LogP contribution in [0.2, 0.25) is 0 Å². The Morgan fingerprint density at radius 1 is 1.56 bits per heavy atom. The van der Waals surface area contributed by atoms with E-state index in [1.165, 1.54) is 25.0 Å². The molecule has 0 bridgehead atoms. The predicted molar refractivity (Wildman–Crippen MR) is 40.5 cm³/mol. The van der Waals surface area contributed by atoms with Gasteiger partial charge in [0.05, 0.1) is 0 Å². The lowest BCUT2D eigenvalue weighted by Gasteiger charge is -2.02. The molecular formula is C8H15N. The molecule has 0 aromatic rings. The van der Waals surface area contributed by atoms with E-state index in [9.17, 15) is 0 Å². The van der Waals surface area contributed by atoms with Crippen molar-refractivity contribution in [1.82, 2.24) is 5.32 Å². The Bertz CT molecular complexity index is 106. The molecule has 0 spiro atoms. The molecule has 0 aromatic carbocycles. The predicted octanol–water partition coefficient (Wildman–Crippen LogP) is 1.70. The summed E-state index contributed by atoms with van der Waals surface area (Å²) >= 11 is 0. The van der Waals surface area contributed by atoms with Gasteiger partial charge in [-0.1, -0.05) is 11.6 Å². The fourth-order valence-electron chi connectivity index (χ4n) is 1.26. The smallest absolute Gasteiger partial charge is 0.0252 e. The second kappa shape index (κ2) is 3.02. The summed E-state index contributed by atoms with van der Waals surface area (Å²) in [5.41, 5.74) is 1.43. The van der Waals surface area contributed by atoms with Crippen LogP contribution in [-0.4, -0.2) is 12.6 Å². The van der Waals surface area contributed by atoms with E-state index < -0.39 is 0 Å². The van der Waals surface area contributed by atoms with Gasteiger partial charge in [-0.25, -0.2) is 0 Å². The van der Waals surface area contributed by atoms with E-state index in [0.29, 0.717) is 6.04 Å². The molecule has 0 aromatic heterocycles. The van der Waals surface area contributed by atoms with Crippen LogP contribution in [-0.2, 0) is 0 Å². The molecule has 1 rings (SSSR count). The van der Waals surface area contributed by atoms with E-state index in [1.54, 1.807) is 0 Å². The molecule has 1 nitrogen and oxygen atoms in total. The first-order valence-corrected chi connectivity index (χ1v) is 3.67. The van der Waals surface area contributed by atoms with Crippen molar-refractivity contribution in [3.63, 3.8) is 0 Å². The van der Waals surface area contributed by atoms with Crippen LogP contribution >= 0.6 is 0 Å². The summed E-state index contributed by atoms with van der Waals surface area (Å²) in [4.78, 5) is 0. The van der Waals surface area contributed by atoms with E-state index in [2.05, 4.69) is 25.2 Å². The molecule has 0 radical (unpaired) electrons. The van der Waals surface area contributed by atoms with Gasteiger partial charge in [0.2, 0.25) is 0 Å². The molecule has 1 saturated heterocycles. The van der Waals surface area contributed by atoms with Gasteiger partial charge in [-0.3, -0.25) is 0 Å². The quantitative estimate of drug-likeness (QED) is 0.526. The van der Waals surface area contributed by atoms with Gasteiger partial charge in [-0.15, -0.1) is 0 Å². The minimum atomic E-state index is 0.676. The molecule has 0 unspecified atom stereocenters. The molecule has 0 amide bonds. The highest BCUT2D eigenvalue weighted by Crippen LogP contribution is 2.07. The molecule has 0 saturated carbocycles. The van der Waals surface area contributed by atoms with Crippen molar-refractivity contribution in [2.45, 2.75) is 32.7 Å². The van der Waals surface area contributed by atoms with Crippen LogP contribution in [0.4, 0.5) is 0 Å². The molecule has 0 aliphatic carbocycles. The van der Waals surface area contributed by atoms with Crippen molar-refractivity contribution in [2.75, 3.05) is 6.54 Å². The highest BCUT2D eigenvalue weighted by Gasteiger charge is 2.09. The van der Waals surface area contributed by atoms with Gasteiger partial charge in [0.15, 0.2) is 0 Å². The van der Waals surface area contributed by atoms with Crippen molar-refractivity contribution >= 4 is 0 Å². The van der Waals surface area contributed by atoms with E-state index in [-0.39, 0.29) is 0 Å². The summed E-state index contributed by atoms with van der Waals surface area (Å²) in [5.74, 6) is 0. The zero-order valence-corrected chi connectivity index (χ0v) is 6.28. The van der Waals surface area contributed by atoms with E-state index in [0.717, 1.165) is 0 Å². The topological polar surface area (TPSA) is 12.0 Å².